The number of carbonyl (C=O) groups is 1. The lowest BCUT2D eigenvalue weighted by Gasteiger charge is -2.12. The number of hydrogen-bond acceptors (Lipinski definition) is 6. The van der Waals surface area contributed by atoms with Gasteiger partial charge in [-0.15, -0.1) is 5.10 Å². The van der Waals surface area contributed by atoms with Crippen molar-refractivity contribution in [3.63, 3.8) is 0 Å². The zero-order valence-electron chi connectivity index (χ0n) is 15.6. The van der Waals surface area contributed by atoms with Crippen molar-refractivity contribution in [1.82, 2.24) is 14.8 Å². The molecule has 29 heavy (non-hydrogen) atoms. The molecule has 2 aromatic carbocycles. The van der Waals surface area contributed by atoms with Crippen molar-refractivity contribution in [3.05, 3.63) is 80.8 Å². The molecule has 1 amide bonds. The second kappa shape index (κ2) is 9.20. The zero-order chi connectivity index (χ0) is 20.8. The molecule has 0 spiro atoms. The van der Waals surface area contributed by atoms with Crippen LogP contribution < -0.4 is 11.0 Å². The molecule has 9 nitrogen and oxygen atoms in total. The number of H-pyrrole nitrogens is 1. The normalized spacial score (nSPS) is 11.8. The fourth-order valence-corrected chi connectivity index (χ4v) is 3.54. The van der Waals surface area contributed by atoms with Crippen molar-refractivity contribution in [2.45, 2.75) is 30.3 Å². The number of amides is 1. The average molecular weight is 413 g/mol. The van der Waals surface area contributed by atoms with Crippen molar-refractivity contribution in [3.8, 4) is 0 Å². The highest BCUT2D eigenvalue weighted by Gasteiger charge is 2.22. The minimum absolute atomic E-state index is 0.124. The molecular formula is C19H19N5O4S. The Morgan fingerprint density at radius 1 is 1.24 bits per heavy atom. The molecule has 1 heterocycles. The number of nitro benzene ring substituents is 1. The van der Waals surface area contributed by atoms with Crippen LogP contribution in [0.2, 0.25) is 0 Å². The first kappa shape index (κ1) is 20.3. The Bertz CT molecular complexity index is 1060. The number of thioether (sulfide) groups is 1. The maximum atomic E-state index is 12.5. The molecule has 0 fully saturated rings. The minimum Gasteiger partial charge on any atom is -0.319 e. The maximum absolute atomic E-state index is 12.5. The Labute approximate surface area is 170 Å². The van der Waals surface area contributed by atoms with Gasteiger partial charge in [0, 0.05) is 12.6 Å². The summed E-state index contributed by atoms with van der Waals surface area (Å²) in [6, 6.07) is 15.7. The molecule has 10 heteroatoms. The first-order valence-electron chi connectivity index (χ1n) is 8.86. The molecule has 2 N–H and O–H groups in total. The number of anilines is 1. The number of nitrogens with one attached hydrogen (secondary N) is 2. The van der Waals surface area contributed by atoms with Crippen LogP contribution in [0.15, 0.2) is 64.5 Å². The van der Waals surface area contributed by atoms with E-state index in [1.807, 2.05) is 30.3 Å². The van der Waals surface area contributed by atoms with Crippen LogP contribution >= 0.6 is 11.8 Å². The molecule has 1 unspecified atom stereocenters. The van der Waals surface area contributed by atoms with E-state index in [0.717, 1.165) is 17.3 Å². The lowest BCUT2D eigenvalue weighted by molar-refractivity contribution is -0.383. The van der Waals surface area contributed by atoms with Gasteiger partial charge < -0.3 is 5.32 Å². The van der Waals surface area contributed by atoms with Gasteiger partial charge in [-0.2, -0.15) is 0 Å². The Morgan fingerprint density at radius 2 is 1.93 bits per heavy atom. The number of benzene rings is 2. The van der Waals surface area contributed by atoms with Crippen LogP contribution in [0.25, 0.3) is 0 Å². The Morgan fingerprint density at radius 3 is 2.66 bits per heavy atom. The number of carbonyl (C=O) groups excluding carboxylic acids is 1. The molecule has 0 saturated carbocycles. The van der Waals surface area contributed by atoms with E-state index < -0.39 is 16.1 Å². The number of aromatic nitrogens is 3. The number of rotatable bonds is 8. The predicted octanol–water partition coefficient (Wildman–Crippen LogP) is 2.84. The van der Waals surface area contributed by atoms with E-state index in [9.17, 15) is 19.7 Å². The van der Waals surface area contributed by atoms with Crippen LogP contribution in [-0.4, -0.2) is 30.8 Å². The second-order valence-corrected chi connectivity index (χ2v) is 7.53. The van der Waals surface area contributed by atoms with Gasteiger partial charge in [0.05, 0.1) is 10.2 Å². The lowest BCUT2D eigenvalue weighted by atomic mass is 10.1. The third-order valence-electron chi connectivity index (χ3n) is 4.20. The molecule has 1 aromatic heterocycles. The minimum atomic E-state index is -0.625. The van der Waals surface area contributed by atoms with Crippen LogP contribution in [0.3, 0.4) is 0 Å². The molecule has 0 aliphatic heterocycles. The standard InChI is InChI=1S/C19H19N5O4S/c1-13(17(25)20-15-9-5-6-10-16(15)24(27)28)29-19-22-21-18(26)23(19)12-11-14-7-3-2-4-8-14/h2-10,13H,11-12H2,1H3,(H,20,25)(H,21,26). The summed E-state index contributed by atoms with van der Waals surface area (Å²) in [5.74, 6) is -0.422. The monoisotopic (exact) mass is 413 g/mol. The SMILES string of the molecule is CC(Sc1n[nH]c(=O)n1CCc1ccccc1)C(=O)Nc1ccccc1[N+](=O)[O-]. The first-order chi connectivity index (χ1) is 14.0. The summed E-state index contributed by atoms with van der Waals surface area (Å²) in [5, 5.41) is 19.8. The van der Waals surface area contributed by atoms with E-state index in [1.54, 1.807) is 13.0 Å². The Balaban J connectivity index is 1.68. The highest BCUT2D eigenvalue weighted by Crippen LogP contribution is 2.26. The third-order valence-corrected chi connectivity index (χ3v) is 5.29. The number of para-hydroxylation sites is 2. The zero-order valence-corrected chi connectivity index (χ0v) is 16.4. The number of aromatic amines is 1. The van der Waals surface area contributed by atoms with Crippen molar-refractivity contribution in [2.75, 3.05) is 5.32 Å². The summed E-state index contributed by atoms with van der Waals surface area (Å²) in [7, 11) is 0. The van der Waals surface area contributed by atoms with Gasteiger partial charge in [-0.25, -0.2) is 9.89 Å². The van der Waals surface area contributed by atoms with Crippen molar-refractivity contribution in [2.24, 2.45) is 0 Å². The number of hydrogen-bond donors (Lipinski definition) is 2. The molecule has 3 rings (SSSR count). The Kier molecular flexibility index (Phi) is 6.45. The van der Waals surface area contributed by atoms with E-state index >= 15 is 0 Å². The van der Waals surface area contributed by atoms with Crippen molar-refractivity contribution >= 4 is 29.0 Å². The maximum Gasteiger partial charge on any atom is 0.343 e. The molecule has 3 aromatic rings. The van der Waals surface area contributed by atoms with Crippen LogP contribution in [0.4, 0.5) is 11.4 Å². The first-order valence-corrected chi connectivity index (χ1v) is 9.73. The molecule has 0 saturated heterocycles. The molecule has 0 radical (unpaired) electrons. The highest BCUT2D eigenvalue weighted by atomic mass is 32.2. The molecule has 0 bridgehead atoms. The van der Waals surface area contributed by atoms with Crippen LogP contribution in [0, 0.1) is 10.1 Å². The summed E-state index contributed by atoms with van der Waals surface area (Å²) in [4.78, 5) is 35.1. The van der Waals surface area contributed by atoms with E-state index in [1.165, 1.54) is 22.8 Å². The molecule has 150 valence electrons. The van der Waals surface area contributed by atoms with E-state index in [-0.39, 0.29) is 17.1 Å². The number of nitrogens with zero attached hydrogens (tertiary/aromatic N) is 3. The molecule has 0 aliphatic rings. The summed E-state index contributed by atoms with van der Waals surface area (Å²) >= 11 is 1.11. The molecule has 0 aliphatic carbocycles. The summed E-state index contributed by atoms with van der Waals surface area (Å²) in [5.41, 5.74) is 0.671. The van der Waals surface area contributed by atoms with Gasteiger partial charge >= 0.3 is 5.69 Å². The summed E-state index contributed by atoms with van der Waals surface area (Å²) < 4.78 is 1.48. The van der Waals surface area contributed by atoms with E-state index in [4.69, 9.17) is 0 Å². The van der Waals surface area contributed by atoms with Gasteiger partial charge in [0.2, 0.25) is 5.91 Å². The molecular weight excluding hydrogens is 394 g/mol. The quantitative estimate of drug-likeness (QED) is 0.333. The summed E-state index contributed by atoms with van der Waals surface area (Å²) in [6.07, 6.45) is 0.643. The average Bonchev–Trinajstić information content (AvgIpc) is 3.06. The van der Waals surface area contributed by atoms with Gasteiger partial charge in [-0.05, 0) is 25.0 Å². The van der Waals surface area contributed by atoms with Gasteiger partial charge in [-0.3, -0.25) is 19.5 Å². The Hall–Kier alpha value is -3.40. The van der Waals surface area contributed by atoms with E-state index in [2.05, 4.69) is 15.5 Å². The van der Waals surface area contributed by atoms with Gasteiger partial charge in [0.15, 0.2) is 5.16 Å². The van der Waals surface area contributed by atoms with Crippen LogP contribution in [0.5, 0.6) is 0 Å². The third kappa shape index (κ3) is 5.11. The fourth-order valence-electron chi connectivity index (χ4n) is 2.66. The smallest absolute Gasteiger partial charge is 0.319 e. The van der Waals surface area contributed by atoms with Gasteiger partial charge in [-0.1, -0.05) is 54.2 Å². The van der Waals surface area contributed by atoms with Gasteiger partial charge in [0.25, 0.3) is 5.69 Å². The van der Waals surface area contributed by atoms with Crippen LogP contribution in [0.1, 0.15) is 12.5 Å². The fraction of sp³-hybridized carbons (Fsp3) is 0.211. The summed E-state index contributed by atoms with van der Waals surface area (Å²) in [6.45, 7) is 2.07. The molecule has 1 atom stereocenters. The van der Waals surface area contributed by atoms with Crippen molar-refractivity contribution in [1.29, 1.82) is 0 Å². The van der Waals surface area contributed by atoms with Gasteiger partial charge in [0.1, 0.15) is 5.69 Å². The topological polar surface area (TPSA) is 123 Å². The highest BCUT2D eigenvalue weighted by molar-refractivity contribution is 8.00. The van der Waals surface area contributed by atoms with Crippen molar-refractivity contribution < 1.29 is 9.72 Å². The van der Waals surface area contributed by atoms with Crippen LogP contribution in [-0.2, 0) is 17.8 Å². The lowest BCUT2D eigenvalue weighted by Crippen LogP contribution is -2.24. The van der Waals surface area contributed by atoms with E-state index in [0.29, 0.717) is 18.1 Å². The number of nitro groups is 1. The second-order valence-electron chi connectivity index (χ2n) is 6.22. The predicted molar refractivity (Wildman–Crippen MR) is 110 cm³/mol. The number of aryl methyl sites for hydroxylation is 1. The largest absolute Gasteiger partial charge is 0.343 e.